The van der Waals surface area contributed by atoms with Crippen molar-refractivity contribution in [2.24, 2.45) is 5.73 Å². The minimum Gasteiger partial charge on any atom is -0.330 e. The van der Waals surface area contributed by atoms with E-state index in [4.69, 9.17) is 28.9 Å². The molecule has 0 bridgehead atoms. The van der Waals surface area contributed by atoms with Gasteiger partial charge in [-0.05, 0) is 24.7 Å². The second kappa shape index (κ2) is 5.10. The van der Waals surface area contributed by atoms with Crippen molar-refractivity contribution >= 4 is 34.5 Å². The number of halogens is 2. The van der Waals surface area contributed by atoms with Crippen molar-refractivity contribution < 1.29 is 0 Å². The molecule has 2 aromatic rings. The van der Waals surface area contributed by atoms with Crippen LogP contribution in [0.4, 0.5) is 0 Å². The summed E-state index contributed by atoms with van der Waals surface area (Å²) >= 11 is 13.4. The Kier molecular flexibility index (Phi) is 3.76. The molecule has 16 heavy (non-hydrogen) atoms. The van der Waals surface area contributed by atoms with Gasteiger partial charge in [0.25, 0.3) is 0 Å². The fourth-order valence-corrected chi connectivity index (χ4v) is 2.70. The Morgan fingerprint density at radius 2 is 2.06 bits per heavy atom. The number of hydrogen-bond acceptors (Lipinski definition) is 4. The second-order valence-electron chi connectivity index (χ2n) is 3.16. The molecule has 1 aromatic carbocycles. The molecule has 0 saturated heterocycles. The minimum absolute atomic E-state index is 0.572. The normalized spacial score (nSPS) is 10.7. The molecule has 0 amide bonds. The quantitative estimate of drug-likeness (QED) is 0.936. The molecule has 0 aliphatic heterocycles. The Morgan fingerprint density at radius 1 is 1.25 bits per heavy atom. The summed E-state index contributed by atoms with van der Waals surface area (Å²) < 4.78 is 0. The van der Waals surface area contributed by atoms with Gasteiger partial charge in [-0.15, -0.1) is 10.2 Å². The molecule has 0 saturated carbocycles. The highest BCUT2D eigenvalue weighted by Gasteiger charge is 2.09. The van der Waals surface area contributed by atoms with E-state index in [0.29, 0.717) is 16.6 Å². The van der Waals surface area contributed by atoms with E-state index in [1.165, 1.54) is 11.3 Å². The van der Waals surface area contributed by atoms with Crippen LogP contribution in [0, 0.1) is 0 Å². The lowest BCUT2D eigenvalue weighted by molar-refractivity contribution is 0.913. The van der Waals surface area contributed by atoms with Crippen LogP contribution in [0.3, 0.4) is 0 Å². The highest BCUT2D eigenvalue weighted by molar-refractivity contribution is 7.14. The topological polar surface area (TPSA) is 51.8 Å². The third kappa shape index (κ3) is 2.52. The third-order valence-electron chi connectivity index (χ3n) is 1.99. The van der Waals surface area contributed by atoms with Gasteiger partial charge < -0.3 is 5.73 Å². The Morgan fingerprint density at radius 3 is 2.75 bits per heavy atom. The molecule has 2 N–H and O–H groups in total. The molecule has 0 spiro atoms. The fraction of sp³-hybridized carbons (Fsp3) is 0.200. The van der Waals surface area contributed by atoms with Crippen LogP contribution in [-0.4, -0.2) is 16.7 Å². The molecular formula is C10H9Cl2N3S. The summed E-state index contributed by atoms with van der Waals surface area (Å²) in [6.07, 6.45) is 0.739. The Labute approximate surface area is 107 Å². The maximum absolute atomic E-state index is 6.08. The maximum atomic E-state index is 6.08. The van der Waals surface area contributed by atoms with Gasteiger partial charge in [-0.1, -0.05) is 34.5 Å². The average molecular weight is 274 g/mol. The van der Waals surface area contributed by atoms with Gasteiger partial charge in [0.05, 0.1) is 5.02 Å². The number of hydrogen-bond donors (Lipinski definition) is 1. The molecule has 0 aliphatic rings. The van der Waals surface area contributed by atoms with Crippen LogP contribution in [0.2, 0.25) is 10.0 Å². The molecule has 0 radical (unpaired) electrons. The Balaban J connectivity index is 2.35. The molecular weight excluding hydrogens is 265 g/mol. The number of aromatic nitrogens is 2. The fourth-order valence-electron chi connectivity index (χ4n) is 1.25. The van der Waals surface area contributed by atoms with Crippen molar-refractivity contribution in [2.45, 2.75) is 6.42 Å². The predicted molar refractivity (Wildman–Crippen MR) is 68.1 cm³/mol. The molecule has 0 unspecified atom stereocenters. The third-order valence-corrected chi connectivity index (χ3v) is 3.55. The minimum atomic E-state index is 0.572. The van der Waals surface area contributed by atoms with Crippen molar-refractivity contribution in [1.29, 1.82) is 0 Å². The van der Waals surface area contributed by atoms with Crippen molar-refractivity contribution in [1.82, 2.24) is 10.2 Å². The summed E-state index contributed by atoms with van der Waals surface area (Å²) in [5, 5.41) is 11.0. The lowest BCUT2D eigenvalue weighted by Crippen LogP contribution is -2.01. The van der Waals surface area contributed by atoms with Crippen molar-refractivity contribution in [3.05, 3.63) is 33.3 Å². The summed E-state index contributed by atoms with van der Waals surface area (Å²) in [4.78, 5) is 0. The summed E-state index contributed by atoms with van der Waals surface area (Å²) in [7, 11) is 0. The molecule has 1 aromatic heterocycles. The largest absolute Gasteiger partial charge is 0.330 e. The second-order valence-corrected chi connectivity index (χ2v) is 5.07. The van der Waals surface area contributed by atoms with Crippen LogP contribution in [-0.2, 0) is 6.42 Å². The molecule has 0 atom stereocenters. The lowest BCUT2D eigenvalue weighted by atomic mass is 10.2. The zero-order valence-electron chi connectivity index (χ0n) is 8.28. The van der Waals surface area contributed by atoms with E-state index in [0.717, 1.165) is 22.0 Å². The smallest absolute Gasteiger partial charge is 0.149 e. The van der Waals surface area contributed by atoms with Crippen LogP contribution in [0.25, 0.3) is 10.6 Å². The van der Waals surface area contributed by atoms with Gasteiger partial charge in [-0.3, -0.25) is 0 Å². The Hall–Kier alpha value is -0.680. The monoisotopic (exact) mass is 273 g/mol. The first-order chi connectivity index (χ1) is 7.70. The summed E-state index contributed by atoms with van der Waals surface area (Å²) in [6.45, 7) is 0.572. The van der Waals surface area contributed by atoms with Crippen LogP contribution < -0.4 is 5.73 Å². The first-order valence-electron chi connectivity index (χ1n) is 4.68. The van der Waals surface area contributed by atoms with E-state index in [1.807, 2.05) is 6.07 Å². The Bertz CT molecular complexity index is 499. The first kappa shape index (κ1) is 11.8. The maximum Gasteiger partial charge on any atom is 0.149 e. The summed E-state index contributed by atoms with van der Waals surface area (Å²) in [6, 6.07) is 5.33. The van der Waals surface area contributed by atoms with Gasteiger partial charge in [-0.2, -0.15) is 0 Å². The molecule has 0 fully saturated rings. The van der Waals surface area contributed by atoms with Crippen LogP contribution in [0.15, 0.2) is 18.2 Å². The number of benzene rings is 1. The van der Waals surface area contributed by atoms with Gasteiger partial charge in [0.2, 0.25) is 0 Å². The molecule has 84 valence electrons. The number of rotatable bonds is 3. The molecule has 1 heterocycles. The van der Waals surface area contributed by atoms with E-state index >= 15 is 0 Å². The zero-order valence-corrected chi connectivity index (χ0v) is 10.6. The van der Waals surface area contributed by atoms with Gasteiger partial charge >= 0.3 is 0 Å². The van der Waals surface area contributed by atoms with Gasteiger partial charge in [0.15, 0.2) is 0 Å². The van der Waals surface area contributed by atoms with Crippen molar-refractivity contribution in [3.8, 4) is 10.6 Å². The van der Waals surface area contributed by atoms with Crippen LogP contribution >= 0.6 is 34.5 Å². The van der Waals surface area contributed by atoms with E-state index < -0.39 is 0 Å². The first-order valence-corrected chi connectivity index (χ1v) is 6.26. The summed E-state index contributed by atoms with van der Waals surface area (Å²) in [5.41, 5.74) is 6.31. The highest BCUT2D eigenvalue weighted by atomic mass is 35.5. The average Bonchev–Trinajstić information content (AvgIpc) is 2.67. The van der Waals surface area contributed by atoms with Gasteiger partial charge in [-0.25, -0.2) is 0 Å². The number of nitrogens with zero attached hydrogens (tertiary/aromatic N) is 2. The predicted octanol–water partition coefficient (Wildman–Crippen LogP) is 3.01. The zero-order chi connectivity index (χ0) is 11.5. The molecule has 0 aliphatic carbocycles. The lowest BCUT2D eigenvalue weighted by Gasteiger charge is -1.99. The molecule has 6 heteroatoms. The SMILES string of the molecule is NCCc1nnc(-c2ccc(Cl)cc2Cl)s1. The van der Waals surface area contributed by atoms with Gasteiger partial charge in [0, 0.05) is 17.0 Å². The highest BCUT2D eigenvalue weighted by Crippen LogP contribution is 2.32. The molecule has 3 nitrogen and oxygen atoms in total. The van der Waals surface area contributed by atoms with E-state index in [9.17, 15) is 0 Å². The standard InChI is InChI=1S/C10H9Cl2N3S/c11-6-1-2-7(8(12)5-6)10-15-14-9(16-10)3-4-13/h1-2,5H,3-4,13H2. The van der Waals surface area contributed by atoms with E-state index in [1.54, 1.807) is 12.1 Å². The van der Waals surface area contributed by atoms with Crippen molar-refractivity contribution in [3.63, 3.8) is 0 Å². The number of nitrogens with two attached hydrogens (primary N) is 1. The van der Waals surface area contributed by atoms with E-state index in [2.05, 4.69) is 10.2 Å². The summed E-state index contributed by atoms with van der Waals surface area (Å²) in [5.74, 6) is 0. The van der Waals surface area contributed by atoms with Crippen LogP contribution in [0.1, 0.15) is 5.01 Å². The van der Waals surface area contributed by atoms with Crippen LogP contribution in [0.5, 0.6) is 0 Å². The van der Waals surface area contributed by atoms with Gasteiger partial charge in [0.1, 0.15) is 10.0 Å². The molecule has 2 rings (SSSR count). The van der Waals surface area contributed by atoms with Crippen molar-refractivity contribution in [2.75, 3.05) is 6.54 Å². The van der Waals surface area contributed by atoms with E-state index in [-0.39, 0.29) is 0 Å².